The molecule has 0 radical (unpaired) electrons. The Kier molecular flexibility index (Phi) is 2.47. The molecule has 0 N–H and O–H groups in total. The SMILES string of the molecule is CN1[C@@H]2C(=O)c3ccccc3[C@H]1C1=C2C(=O)c2ccccc2C1=O. The predicted octanol–water partition coefficient (Wildman–Crippen LogP) is 2.61. The molecule has 2 heterocycles. The Morgan fingerprint density at radius 1 is 0.708 bits per heavy atom. The van der Waals surface area contributed by atoms with Gasteiger partial charge in [-0.2, -0.15) is 0 Å². The molecule has 0 amide bonds. The number of hydrogen-bond donors (Lipinski definition) is 0. The van der Waals surface area contributed by atoms with E-state index in [4.69, 9.17) is 0 Å². The molecule has 0 spiro atoms. The Morgan fingerprint density at radius 2 is 1.21 bits per heavy atom. The van der Waals surface area contributed by atoms with Crippen molar-refractivity contribution in [2.24, 2.45) is 0 Å². The fourth-order valence-electron chi connectivity index (χ4n) is 4.31. The lowest BCUT2D eigenvalue weighted by Crippen LogP contribution is -2.42. The number of ketones is 3. The highest BCUT2D eigenvalue weighted by atomic mass is 16.1. The van der Waals surface area contributed by atoms with Gasteiger partial charge in [-0.15, -0.1) is 0 Å². The van der Waals surface area contributed by atoms with E-state index in [1.54, 1.807) is 30.3 Å². The molecule has 0 unspecified atom stereocenters. The van der Waals surface area contributed by atoms with Crippen LogP contribution in [0.2, 0.25) is 0 Å². The Labute approximate surface area is 138 Å². The summed E-state index contributed by atoms with van der Waals surface area (Å²) in [6, 6.07) is 13.2. The first kappa shape index (κ1) is 13.6. The van der Waals surface area contributed by atoms with E-state index in [1.807, 2.05) is 30.1 Å². The van der Waals surface area contributed by atoms with E-state index in [0.717, 1.165) is 5.56 Å². The first-order valence-electron chi connectivity index (χ1n) is 7.89. The molecule has 1 aliphatic carbocycles. The number of carbonyl (C=O) groups excluding carboxylic acids is 3. The van der Waals surface area contributed by atoms with E-state index in [1.165, 1.54) is 0 Å². The van der Waals surface area contributed by atoms with E-state index < -0.39 is 6.04 Å². The number of carbonyl (C=O) groups is 3. The van der Waals surface area contributed by atoms with E-state index in [0.29, 0.717) is 27.8 Å². The van der Waals surface area contributed by atoms with Gasteiger partial charge in [-0.1, -0.05) is 48.5 Å². The van der Waals surface area contributed by atoms with Crippen LogP contribution in [0.15, 0.2) is 59.7 Å². The second kappa shape index (κ2) is 4.36. The largest absolute Gasteiger partial charge is 0.292 e. The van der Waals surface area contributed by atoms with Gasteiger partial charge in [0.1, 0.15) is 6.04 Å². The Hall–Kier alpha value is -2.85. The average Bonchev–Trinajstić information content (AvgIpc) is 2.85. The van der Waals surface area contributed by atoms with Crippen molar-refractivity contribution in [1.29, 1.82) is 0 Å². The highest BCUT2D eigenvalue weighted by Crippen LogP contribution is 2.50. The third-order valence-corrected chi connectivity index (χ3v) is 5.33. The molecule has 0 aromatic heterocycles. The van der Waals surface area contributed by atoms with Crippen LogP contribution in [0.25, 0.3) is 0 Å². The van der Waals surface area contributed by atoms with Gasteiger partial charge in [-0.05, 0) is 12.6 Å². The van der Waals surface area contributed by atoms with Gasteiger partial charge < -0.3 is 0 Å². The molecule has 2 aliphatic heterocycles. The summed E-state index contributed by atoms with van der Waals surface area (Å²) in [6.45, 7) is 0. The van der Waals surface area contributed by atoms with Crippen LogP contribution in [0.3, 0.4) is 0 Å². The van der Waals surface area contributed by atoms with Crippen LogP contribution in [0.5, 0.6) is 0 Å². The average molecular weight is 315 g/mol. The maximum Gasteiger partial charge on any atom is 0.192 e. The van der Waals surface area contributed by atoms with E-state index in [2.05, 4.69) is 0 Å². The molecule has 2 bridgehead atoms. The summed E-state index contributed by atoms with van der Waals surface area (Å²) in [5, 5.41) is 0. The molecule has 5 rings (SSSR count). The summed E-state index contributed by atoms with van der Waals surface area (Å²) in [7, 11) is 1.81. The summed E-state index contributed by atoms with van der Waals surface area (Å²) in [5.74, 6) is -0.431. The summed E-state index contributed by atoms with van der Waals surface area (Å²) >= 11 is 0. The molecule has 4 nitrogen and oxygen atoms in total. The molecule has 0 saturated carbocycles. The molecule has 2 atom stereocenters. The minimum Gasteiger partial charge on any atom is -0.292 e. The molecule has 2 aromatic carbocycles. The Morgan fingerprint density at radius 3 is 1.83 bits per heavy atom. The van der Waals surface area contributed by atoms with Crippen LogP contribution < -0.4 is 0 Å². The zero-order valence-electron chi connectivity index (χ0n) is 12.9. The molecule has 0 fully saturated rings. The van der Waals surface area contributed by atoms with E-state index in [9.17, 15) is 14.4 Å². The molecule has 0 saturated heterocycles. The zero-order chi connectivity index (χ0) is 16.6. The lowest BCUT2D eigenvalue weighted by atomic mass is 9.81. The van der Waals surface area contributed by atoms with Crippen LogP contribution in [0.1, 0.15) is 42.7 Å². The van der Waals surface area contributed by atoms with Gasteiger partial charge in [0.05, 0.1) is 6.04 Å². The predicted molar refractivity (Wildman–Crippen MR) is 87.2 cm³/mol. The fourth-order valence-corrected chi connectivity index (χ4v) is 4.31. The highest BCUT2D eigenvalue weighted by molar-refractivity contribution is 6.31. The zero-order valence-corrected chi connectivity index (χ0v) is 12.9. The minimum atomic E-state index is -0.662. The normalized spacial score (nSPS) is 24.8. The number of hydrogen-bond acceptors (Lipinski definition) is 4. The highest BCUT2D eigenvalue weighted by Gasteiger charge is 2.54. The second-order valence-corrected chi connectivity index (χ2v) is 6.45. The summed E-state index contributed by atoms with van der Waals surface area (Å²) < 4.78 is 0. The Balaban J connectivity index is 1.83. The van der Waals surface area contributed by atoms with Gasteiger partial charge in [0.15, 0.2) is 17.3 Å². The molecular weight excluding hydrogens is 302 g/mol. The third kappa shape index (κ3) is 1.40. The smallest absolute Gasteiger partial charge is 0.192 e. The first-order valence-corrected chi connectivity index (χ1v) is 7.89. The van der Waals surface area contributed by atoms with Crippen LogP contribution in [0.4, 0.5) is 0 Å². The number of rotatable bonds is 0. The molecule has 4 heteroatoms. The third-order valence-electron chi connectivity index (χ3n) is 5.33. The van der Waals surface area contributed by atoms with Crippen molar-refractivity contribution in [3.05, 3.63) is 81.9 Å². The van der Waals surface area contributed by atoms with Crippen molar-refractivity contribution in [2.75, 3.05) is 7.05 Å². The van der Waals surface area contributed by atoms with Gasteiger partial charge in [0, 0.05) is 27.8 Å². The topological polar surface area (TPSA) is 54.5 Å². The first-order chi connectivity index (χ1) is 11.6. The van der Waals surface area contributed by atoms with Gasteiger partial charge in [0.2, 0.25) is 0 Å². The van der Waals surface area contributed by atoms with Crippen molar-refractivity contribution in [2.45, 2.75) is 12.1 Å². The quantitative estimate of drug-likeness (QED) is 0.750. The van der Waals surface area contributed by atoms with E-state index >= 15 is 0 Å². The number of Topliss-reactive ketones (excluding diaryl/α,β-unsaturated/α-hetero) is 3. The van der Waals surface area contributed by atoms with Crippen molar-refractivity contribution in [3.8, 4) is 0 Å². The molecule has 2 aromatic rings. The van der Waals surface area contributed by atoms with Crippen molar-refractivity contribution < 1.29 is 14.4 Å². The molecule has 24 heavy (non-hydrogen) atoms. The summed E-state index contributed by atoms with van der Waals surface area (Å²) in [6.07, 6.45) is 0. The standard InChI is InChI=1S/C20H13NO3/c1-21-16-10-6-2-3-7-11(10)20(24)17(21)15-14(16)18(22)12-8-4-5-9-13(12)19(15)23/h2-9,16-17H,1H3/t16-,17-/m0/s1. The van der Waals surface area contributed by atoms with Crippen LogP contribution in [-0.4, -0.2) is 35.3 Å². The Bertz CT molecular complexity index is 1000. The molecule has 116 valence electrons. The van der Waals surface area contributed by atoms with Crippen molar-refractivity contribution >= 4 is 17.3 Å². The van der Waals surface area contributed by atoms with Gasteiger partial charge in [-0.25, -0.2) is 0 Å². The minimum absolute atomic E-state index is 0.102. The number of nitrogens with zero attached hydrogens (tertiary/aromatic N) is 1. The molecule has 3 aliphatic rings. The summed E-state index contributed by atoms with van der Waals surface area (Å²) in [5.41, 5.74) is 3.11. The second-order valence-electron chi connectivity index (χ2n) is 6.45. The lowest BCUT2D eigenvalue weighted by molar-refractivity contribution is 0.0826. The maximum absolute atomic E-state index is 13.1. The van der Waals surface area contributed by atoms with Crippen LogP contribution in [-0.2, 0) is 0 Å². The van der Waals surface area contributed by atoms with Gasteiger partial charge in [0.25, 0.3) is 0 Å². The monoisotopic (exact) mass is 315 g/mol. The number of likely N-dealkylation sites (N-methyl/N-ethyl adjacent to an activating group) is 1. The van der Waals surface area contributed by atoms with Crippen molar-refractivity contribution in [1.82, 2.24) is 4.90 Å². The van der Waals surface area contributed by atoms with Crippen LogP contribution in [0, 0.1) is 0 Å². The van der Waals surface area contributed by atoms with Crippen LogP contribution >= 0.6 is 0 Å². The maximum atomic E-state index is 13.1. The lowest BCUT2D eigenvalue weighted by Gasteiger charge is -2.33. The number of benzene rings is 2. The van der Waals surface area contributed by atoms with E-state index in [-0.39, 0.29) is 23.4 Å². The summed E-state index contributed by atoms with van der Waals surface area (Å²) in [4.78, 5) is 41.0. The van der Waals surface area contributed by atoms with Crippen molar-refractivity contribution in [3.63, 3.8) is 0 Å². The van der Waals surface area contributed by atoms with Gasteiger partial charge in [-0.3, -0.25) is 19.3 Å². The number of fused-ring (bicyclic) bond motifs is 7. The molecular formula is C20H13NO3. The fraction of sp³-hybridized carbons (Fsp3) is 0.150. The van der Waals surface area contributed by atoms with Gasteiger partial charge >= 0.3 is 0 Å².